The molecule has 0 aromatic heterocycles. The number of likely N-dealkylation sites (N-methyl/N-ethyl adjacent to an activating group) is 2. The van der Waals surface area contributed by atoms with Crippen LogP contribution in [0.5, 0.6) is 0 Å². The smallest absolute Gasteiger partial charge is 0.255 e. The summed E-state index contributed by atoms with van der Waals surface area (Å²) in [6.45, 7) is 1.47. The van der Waals surface area contributed by atoms with Gasteiger partial charge in [-0.15, -0.1) is 0 Å². The molecule has 25 heavy (non-hydrogen) atoms. The third-order valence-electron chi connectivity index (χ3n) is 4.66. The number of morpholine rings is 2. The number of rotatable bonds is 3. The average molecular weight is 352 g/mol. The molecule has 0 radical (unpaired) electrons. The van der Waals surface area contributed by atoms with Gasteiger partial charge in [0.15, 0.2) is 17.8 Å². The molecule has 1 aromatic rings. The minimum absolute atomic E-state index is 0. The number of hydrogen-bond donors (Lipinski definition) is 1. The van der Waals surface area contributed by atoms with Crippen molar-refractivity contribution in [1.82, 2.24) is 9.80 Å². The second-order valence-electron chi connectivity index (χ2n) is 6.21. The molecule has 2 saturated heterocycles. The first kappa shape index (κ1) is 19.3. The fourth-order valence-corrected chi connectivity index (χ4v) is 3.15. The molecule has 0 saturated carbocycles. The predicted octanol–water partition coefficient (Wildman–Crippen LogP) is -1.24. The van der Waals surface area contributed by atoms with Crippen LogP contribution in [0.15, 0.2) is 30.3 Å². The summed E-state index contributed by atoms with van der Waals surface area (Å²) in [6, 6.07) is 8.64. The molecule has 8 nitrogen and oxygen atoms in total. The number of benzene rings is 1. The summed E-state index contributed by atoms with van der Waals surface area (Å²) in [6.07, 6.45) is -2.39. The van der Waals surface area contributed by atoms with Crippen LogP contribution in [0.25, 0.3) is 0 Å². The average Bonchev–Trinajstić information content (AvgIpc) is 2.60. The molecule has 2 amide bonds. The summed E-state index contributed by atoms with van der Waals surface area (Å²) in [7, 11) is 3.30. The van der Waals surface area contributed by atoms with Crippen molar-refractivity contribution in [3.63, 3.8) is 0 Å². The van der Waals surface area contributed by atoms with Crippen LogP contribution in [-0.4, -0.2) is 84.8 Å². The highest BCUT2D eigenvalue weighted by Crippen LogP contribution is 2.36. The minimum Gasteiger partial charge on any atom is -0.412 e. The molecule has 0 aliphatic carbocycles. The van der Waals surface area contributed by atoms with E-state index in [1.165, 1.54) is 9.80 Å². The van der Waals surface area contributed by atoms with Gasteiger partial charge in [-0.3, -0.25) is 9.59 Å². The van der Waals surface area contributed by atoms with Crippen LogP contribution in [0.1, 0.15) is 5.56 Å². The molecule has 138 valence electrons. The van der Waals surface area contributed by atoms with Gasteiger partial charge in [0.25, 0.3) is 11.8 Å². The minimum atomic E-state index is -1.89. The number of nitrogens with zero attached hydrogens (tertiary/aromatic N) is 2. The third-order valence-corrected chi connectivity index (χ3v) is 4.66. The van der Waals surface area contributed by atoms with Gasteiger partial charge in [0.1, 0.15) is 0 Å². The van der Waals surface area contributed by atoms with Gasteiger partial charge in [0.05, 0.1) is 13.2 Å². The molecule has 1 aromatic carbocycles. The Kier molecular flexibility index (Phi) is 5.79. The number of hydrogen-bond acceptors (Lipinski definition) is 5. The standard InChI is InChI=1S/C17H22N2O5.H2O/c1-18-8-10-23-13(15(18)20)17(22,12-6-4-3-5-7-12)14-16(21)19(2)9-11-24-14;/h3-7,13-14,22H,8-11H2,1-2H3;1H2. The Balaban J connectivity index is 0.00000225. The van der Waals surface area contributed by atoms with Crippen molar-refractivity contribution in [1.29, 1.82) is 0 Å². The highest BCUT2D eigenvalue weighted by molar-refractivity contribution is 5.88. The number of aliphatic hydroxyl groups is 1. The van der Waals surface area contributed by atoms with Crippen molar-refractivity contribution in [2.45, 2.75) is 17.8 Å². The zero-order valence-electron chi connectivity index (χ0n) is 14.3. The lowest BCUT2D eigenvalue weighted by atomic mass is 9.80. The maximum atomic E-state index is 12.6. The number of carbonyl (C=O) groups excluding carboxylic acids is 2. The fourth-order valence-electron chi connectivity index (χ4n) is 3.15. The second kappa shape index (κ2) is 7.49. The predicted molar refractivity (Wildman–Crippen MR) is 88.7 cm³/mol. The topological polar surface area (TPSA) is 111 Å². The van der Waals surface area contributed by atoms with E-state index in [2.05, 4.69) is 0 Å². The monoisotopic (exact) mass is 352 g/mol. The maximum absolute atomic E-state index is 12.6. The first-order valence-electron chi connectivity index (χ1n) is 7.97. The van der Waals surface area contributed by atoms with Crippen LogP contribution in [-0.2, 0) is 24.7 Å². The van der Waals surface area contributed by atoms with Gasteiger partial charge in [-0.25, -0.2) is 0 Å². The van der Waals surface area contributed by atoms with E-state index in [-0.39, 0.29) is 17.3 Å². The summed E-state index contributed by atoms with van der Waals surface area (Å²) in [5.74, 6) is -0.727. The third kappa shape index (κ3) is 3.25. The van der Waals surface area contributed by atoms with Gasteiger partial charge in [-0.1, -0.05) is 30.3 Å². The van der Waals surface area contributed by atoms with Crippen LogP contribution >= 0.6 is 0 Å². The lowest BCUT2D eigenvalue weighted by Gasteiger charge is -2.45. The van der Waals surface area contributed by atoms with E-state index in [9.17, 15) is 14.7 Å². The Morgan fingerprint density at radius 3 is 1.84 bits per heavy atom. The SMILES string of the molecule is CN1CCOC(C(O)(c2ccccc2)C2OCCN(C)C2=O)C1=O.O. The molecule has 2 fully saturated rings. The van der Waals surface area contributed by atoms with Crippen LogP contribution < -0.4 is 0 Å². The summed E-state index contributed by atoms with van der Waals surface area (Å²) in [4.78, 5) is 28.3. The van der Waals surface area contributed by atoms with Gasteiger partial charge >= 0.3 is 0 Å². The second-order valence-corrected chi connectivity index (χ2v) is 6.21. The molecule has 3 rings (SSSR count). The van der Waals surface area contributed by atoms with Crippen molar-refractivity contribution < 1.29 is 29.6 Å². The highest BCUT2D eigenvalue weighted by atomic mass is 16.5. The molecule has 2 heterocycles. The van der Waals surface area contributed by atoms with Gasteiger partial charge in [0, 0.05) is 27.2 Å². The van der Waals surface area contributed by atoms with E-state index in [0.717, 1.165) is 0 Å². The van der Waals surface area contributed by atoms with Crippen molar-refractivity contribution in [3.05, 3.63) is 35.9 Å². The normalized spacial score (nSPS) is 26.8. The van der Waals surface area contributed by atoms with Crippen LogP contribution in [0, 0.1) is 0 Å². The first-order chi connectivity index (χ1) is 11.5. The molecule has 0 spiro atoms. The number of ether oxygens (including phenoxy) is 2. The van der Waals surface area contributed by atoms with Crippen LogP contribution in [0.2, 0.25) is 0 Å². The van der Waals surface area contributed by atoms with Crippen molar-refractivity contribution >= 4 is 11.8 Å². The molecule has 2 aliphatic heterocycles. The Bertz CT molecular complexity index is 591. The zero-order valence-corrected chi connectivity index (χ0v) is 14.3. The highest BCUT2D eigenvalue weighted by Gasteiger charge is 2.56. The number of carbonyl (C=O) groups is 2. The molecular formula is C17H24N2O6. The molecule has 2 aliphatic rings. The van der Waals surface area contributed by atoms with Gasteiger partial charge in [-0.2, -0.15) is 0 Å². The van der Waals surface area contributed by atoms with Crippen LogP contribution in [0.4, 0.5) is 0 Å². The molecule has 2 unspecified atom stereocenters. The Morgan fingerprint density at radius 1 is 0.960 bits per heavy atom. The molecule has 8 heteroatoms. The largest absolute Gasteiger partial charge is 0.412 e. The summed E-state index contributed by atoms with van der Waals surface area (Å²) in [5, 5.41) is 11.6. The van der Waals surface area contributed by atoms with Crippen molar-refractivity contribution in [3.8, 4) is 0 Å². The fraction of sp³-hybridized carbons (Fsp3) is 0.529. The molecule has 0 bridgehead atoms. The van der Waals surface area contributed by atoms with Crippen LogP contribution in [0.3, 0.4) is 0 Å². The summed E-state index contributed by atoms with van der Waals surface area (Å²) in [5.41, 5.74) is -1.47. The lowest BCUT2D eigenvalue weighted by Crippen LogP contribution is -2.65. The maximum Gasteiger partial charge on any atom is 0.255 e. The number of amides is 2. The van der Waals surface area contributed by atoms with Gasteiger partial charge in [-0.05, 0) is 5.56 Å². The van der Waals surface area contributed by atoms with E-state index in [1.807, 2.05) is 0 Å². The van der Waals surface area contributed by atoms with E-state index >= 15 is 0 Å². The molecule has 2 atom stereocenters. The summed E-state index contributed by atoms with van der Waals surface area (Å²) >= 11 is 0. The van der Waals surface area contributed by atoms with Crippen molar-refractivity contribution in [2.24, 2.45) is 0 Å². The van der Waals surface area contributed by atoms with E-state index in [0.29, 0.717) is 31.9 Å². The van der Waals surface area contributed by atoms with Gasteiger partial charge in [0.2, 0.25) is 0 Å². The Morgan fingerprint density at radius 2 is 1.40 bits per heavy atom. The van der Waals surface area contributed by atoms with E-state index in [4.69, 9.17) is 9.47 Å². The quantitative estimate of drug-likeness (QED) is 0.732. The zero-order chi connectivity index (χ0) is 17.3. The van der Waals surface area contributed by atoms with Crippen molar-refractivity contribution in [2.75, 3.05) is 40.4 Å². The lowest BCUT2D eigenvalue weighted by molar-refractivity contribution is -0.218. The molecule has 3 N–H and O–H groups in total. The van der Waals surface area contributed by atoms with E-state index in [1.54, 1.807) is 44.4 Å². The Hall–Kier alpha value is -2.00. The summed E-state index contributed by atoms with van der Waals surface area (Å²) < 4.78 is 11.3. The van der Waals surface area contributed by atoms with Gasteiger partial charge < -0.3 is 29.9 Å². The van der Waals surface area contributed by atoms with E-state index < -0.39 is 17.8 Å². The first-order valence-corrected chi connectivity index (χ1v) is 7.97. The Labute approximate surface area is 146 Å². The molecular weight excluding hydrogens is 328 g/mol.